The van der Waals surface area contributed by atoms with E-state index in [1.54, 1.807) is 6.08 Å². The predicted octanol–water partition coefficient (Wildman–Crippen LogP) is 1.91. The van der Waals surface area contributed by atoms with E-state index in [1.165, 1.54) is 0 Å². The maximum atomic E-state index is 12.1. The molecule has 3 nitrogen and oxygen atoms in total. The highest BCUT2D eigenvalue weighted by molar-refractivity contribution is 5.91. The van der Waals surface area contributed by atoms with Gasteiger partial charge in [0.1, 0.15) is 0 Å². The van der Waals surface area contributed by atoms with Crippen molar-refractivity contribution in [2.24, 2.45) is 0 Å². The van der Waals surface area contributed by atoms with Gasteiger partial charge in [0.2, 0.25) is 5.91 Å². The molecule has 0 spiro atoms. The van der Waals surface area contributed by atoms with Crippen molar-refractivity contribution in [2.45, 2.75) is 25.9 Å². The number of carbonyl (C=O) groups is 1. The fraction of sp³-hybridized carbons (Fsp3) is 0.400. The second-order valence-corrected chi connectivity index (χ2v) is 4.96. The Balaban J connectivity index is 1.97. The molecule has 0 saturated carbocycles. The second-order valence-electron chi connectivity index (χ2n) is 4.96. The van der Waals surface area contributed by atoms with Gasteiger partial charge in [-0.25, -0.2) is 0 Å². The van der Waals surface area contributed by atoms with Crippen LogP contribution in [0.3, 0.4) is 0 Å². The molecule has 1 heterocycles. The molecule has 0 aliphatic carbocycles. The average Bonchev–Trinajstić information content (AvgIpc) is 2.36. The molecule has 0 aromatic heterocycles. The maximum Gasteiger partial charge on any atom is 0.246 e. The van der Waals surface area contributed by atoms with Crippen molar-refractivity contribution in [3.8, 4) is 0 Å². The molecule has 1 aliphatic heterocycles. The highest BCUT2D eigenvalue weighted by atomic mass is 16.2. The number of carbonyl (C=O) groups excluding carboxylic acids is 1. The van der Waals surface area contributed by atoms with Crippen LogP contribution in [0, 0.1) is 0 Å². The van der Waals surface area contributed by atoms with Gasteiger partial charge < -0.3 is 10.2 Å². The summed E-state index contributed by atoms with van der Waals surface area (Å²) in [5.41, 5.74) is 1.06. The summed E-state index contributed by atoms with van der Waals surface area (Å²) >= 11 is 0. The summed E-state index contributed by atoms with van der Waals surface area (Å²) in [6.45, 7) is 5.78. The minimum Gasteiger partial charge on any atom is -0.336 e. The number of amides is 1. The molecular formula is C15H20N2O. The van der Waals surface area contributed by atoms with Crippen LogP contribution in [-0.2, 0) is 4.79 Å². The van der Waals surface area contributed by atoms with Crippen molar-refractivity contribution in [1.29, 1.82) is 0 Å². The number of rotatable bonds is 2. The van der Waals surface area contributed by atoms with Gasteiger partial charge >= 0.3 is 0 Å². The van der Waals surface area contributed by atoms with Crippen LogP contribution in [0.1, 0.15) is 19.4 Å². The fourth-order valence-corrected chi connectivity index (χ4v) is 2.34. The van der Waals surface area contributed by atoms with Crippen LogP contribution in [0.15, 0.2) is 36.4 Å². The van der Waals surface area contributed by atoms with Crippen molar-refractivity contribution in [3.05, 3.63) is 42.0 Å². The molecule has 2 rings (SSSR count). The molecule has 1 fully saturated rings. The molecule has 1 aliphatic rings. The van der Waals surface area contributed by atoms with Crippen molar-refractivity contribution in [2.75, 3.05) is 13.1 Å². The van der Waals surface area contributed by atoms with Crippen LogP contribution in [-0.4, -0.2) is 36.0 Å². The van der Waals surface area contributed by atoms with Crippen LogP contribution in [0.4, 0.5) is 0 Å². The Morgan fingerprint density at radius 3 is 2.44 bits per heavy atom. The molecule has 1 N–H and O–H groups in total. The van der Waals surface area contributed by atoms with Crippen LogP contribution in [0.2, 0.25) is 0 Å². The molecule has 0 radical (unpaired) electrons. The number of hydrogen-bond donors (Lipinski definition) is 1. The van der Waals surface area contributed by atoms with Gasteiger partial charge in [0, 0.05) is 31.2 Å². The first-order valence-corrected chi connectivity index (χ1v) is 6.43. The molecule has 1 aromatic rings. The van der Waals surface area contributed by atoms with E-state index in [4.69, 9.17) is 0 Å². The van der Waals surface area contributed by atoms with E-state index in [-0.39, 0.29) is 5.91 Å². The predicted molar refractivity (Wildman–Crippen MR) is 74.1 cm³/mol. The van der Waals surface area contributed by atoms with Gasteiger partial charge in [-0.2, -0.15) is 0 Å². The number of nitrogens with zero attached hydrogens (tertiary/aromatic N) is 1. The van der Waals surface area contributed by atoms with Gasteiger partial charge in [0.25, 0.3) is 0 Å². The molecular weight excluding hydrogens is 224 g/mol. The van der Waals surface area contributed by atoms with E-state index in [1.807, 2.05) is 41.3 Å². The minimum atomic E-state index is 0.0963. The first-order valence-electron chi connectivity index (χ1n) is 6.43. The summed E-state index contributed by atoms with van der Waals surface area (Å²) in [5, 5.41) is 3.42. The van der Waals surface area contributed by atoms with Crippen molar-refractivity contribution >= 4 is 12.0 Å². The highest BCUT2D eigenvalue weighted by Gasteiger charge is 2.23. The van der Waals surface area contributed by atoms with E-state index in [0.717, 1.165) is 18.7 Å². The molecule has 1 saturated heterocycles. The lowest BCUT2D eigenvalue weighted by atomic mass is 10.1. The zero-order valence-corrected chi connectivity index (χ0v) is 11.0. The third kappa shape index (κ3) is 3.44. The third-order valence-corrected chi connectivity index (χ3v) is 3.09. The van der Waals surface area contributed by atoms with E-state index in [9.17, 15) is 4.79 Å². The SMILES string of the molecule is CC1CN(C(=O)C=Cc2ccccc2)CC(C)N1. The molecule has 3 heteroatoms. The third-order valence-electron chi connectivity index (χ3n) is 3.09. The zero-order chi connectivity index (χ0) is 13.0. The number of benzene rings is 1. The number of piperazine rings is 1. The molecule has 0 bridgehead atoms. The van der Waals surface area contributed by atoms with Crippen LogP contribution < -0.4 is 5.32 Å². The lowest BCUT2D eigenvalue weighted by molar-refractivity contribution is -0.127. The van der Waals surface area contributed by atoms with Gasteiger partial charge in [-0.1, -0.05) is 30.3 Å². The smallest absolute Gasteiger partial charge is 0.246 e. The molecule has 2 unspecified atom stereocenters. The molecule has 18 heavy (non-hydrogen) atoms. The molecule has 1 aromatic carbocycles. The Bertz CT molecular complexity index is 417. The quantitative estimate of drug-likeness (QED) is 0.806. The van der Waals surface area contributed by atoms with Crippen LogP contribution in [0.25, 0.3) is 6.08 Å². The standard InChI is InChI=1S/C15H20N2O/c1-12-10-17(11-13(2)16-12)15(18)9-8-14-6-4-3-5-7-14/h3-9,12-13,16H,10-11H2,1-2H3. The van der Waals surface area contributed by atoms with Crippen molar-refractivity contribution in [1.82, 2.24) is 10.2 Å². The largest absolute Gasteiger partial charge is 0.336 e. The van der Waals surface area contributed by atoms with E-state index in [2.05, 4.69) is 19.2 Å². The summed E-state index contributed by atoms with van der Waals surface area (Å²) in [4.78, 5) is 14.0. The highest BCUT2D eigenvalue weighted by Crippen LogP contribution is 2.07. The first kappa shape index (κ1) is 12.8. The fourth-order valence-electron chi connectivity index (χ4n) is 2.34. The Kier molecular flexibility index (Phi) is 4.15. The van der Waals surface area contributed by atoms with Crippen LogP contribution in [0.5, 0.6) is 0 Å². The summed E-state index contributed by atoms with van der Waals surface area (Å²) in [7, 11) is 0. The van der Waals surface area contributed by atoms with Gasteiger partial charge in [0.05, 0.1) is 0 Å². The normalized spacial score (nSPS) is 24.4. The van der Waals surface area contributed by atoms with Crippen LogP contribution >= 0.6 is 0 Å². The zero-order valence-electron chi connectivity index (χ0n) is 11.0. The molecule has 1 amide bonds. The van der Waals surface area contributed by atoms with Crippen molar-refractivity contribution < 1.29 is 4.79 Å². The lowest BCUT2D eigenvalue weighted by Gasteiger charge is -2.35. The van der Waals surface area contributed by atoms with E-state index in [0.29, 0.717) is 12.1 Å². The Hall–Kier alpha value is -1.61. The number of nitrogens with one attached hydrogen (secondary N) is 1. The van der Waals surface area contributed by atoms with Gasteiger partial charge in [0.15, 0.2) is 0 Å². The second kappa shape index (κ2) is 5.83. The summed E-state index contributed by atoms with van der Waals surface area (Å²) < 4.78 is 0. The summed E-state index contributed by atoms with van der Waals surface area (Å²) in [6.07, 6.45) is 3.54. The number of hydrogen-bond acceptors (Lipinski definition) is 2. The van der Waals surface area contributed by atoms with Gasteiger partial charge in [-0.3, -0.25) is 4.79 Å². The maximum absolute atomic E-state index is 12.1. The van der Waals surface area contributed by atoms with E-state index < -0.39 is 0 Å². The van der Waals surface area contributed by atoms with E-state index >= 15 is 0 Å². The van der Waals surface area contributed by atoms with Gasteiger partial charge in [-0.15, -0.1) is 0 Å². The average molecular weight is 244 g/mol. The minimum absolute atomic E-state index is 0.0963. The van der Waals surface area contributed by atoms with Gasteiger partial charge in [-0.05, 0) is 25.5 Å². The summed E-state index contributed by atoms with van der Waals surface area (Å²) in [6, 6.07) is 10.6. The Morgan fingerprint density at radius 1 is 1.22 bits per heavy atom. The van der Waals surface area contributed by atoms with Crippen molar-refractivity contribution in [3.63, 3.8) is 0 Å². The Morgan fingerprint density at radius 2 is 1.83 bits per heavy atom. The topological polar surface area (TPSA) is 32.3 Å². The lowest BCUT2D eigenvalue weighted by Crippen LogP contribution is -2.55. The molecule has 2 atom stereocenters. The first-order chi connectivity index (χ1) is 8.65. The monoisotopic (exact) mass is 244 g/mol. The summed E-state index contributed by atoms with van der Waals surface area (Å²) in [5.74, 6) is 0.0963. The Labute approximate surface area is 108 Å². The molecule has 96 valence electrons.